The van der Waals surface area contributed by atoms with Gasteiger partial charge in [0.25, 0.3) is 0 Å². The average Bonchev–Trinajstić information content (AvgIpc) is 2.73. The van der Waals surface area contributed by atoms with Crippen LogP contribution >= 0.6 is 0 Å². The molecule has 2 aromatic rings. The third-order valence-corrected chi connectivity index (χ3v) is 6.04. The molecule has 1 heterocycles. The summed E-state index contributed by atoms with van der Waals surface area (Å²) in [6, 6.07) is 7.99. The molecule has 4 nitrogen and oxygen atoms in total. The molecule has 1 unspecified atom stereocenters. The van der Waals surface area contributed by atoms with Crippen molar-refractivity contribution in [3.63, 3.8) is 0 Å². The zero-order valence-corrected chi connectivity index (χ0v) is 17.9. The van der Waals surface area contributed by atoms with E-state index in [1.54, 1.807) is 0 Å². The van der Waals surface area contributed by atoms with E-state index in [2.05, 4.69) is 6.92 Å². The minimum Gasteiger partial charge on any atom is -0.462 e. The number of pyridine rings is 1. The fourth-order valence-electron chi connectivity index (χ4n) is 4.32. The lowest BCUT2D eigenvalue weighted by Crippen LogP contribution is -2.27. The number of nitrogens with two attached hydrogens (primary N) is 1. The predicted octanol–water partition coefficient (Wildman–Crippen LogP) is 6.14. The molecule has 0 amide bonds. The summed E-state index contributed by atoms with van der Waals surface area (Å²) >= 11 is 0. The van der Waals surface area contributed by atoms with Crippen molar-refractivity contribution in [3.05, 3.63) is 35.5 Å². The molecule has 1 atom stereocenters. The van der Waals surface area contributed by atoms with Crippen molar-refractivity contribution in [2.75, 3.05) is 5.73 Å². The van der Waals surface area contributed by atoms with Crippen LogP contribution in [0.2, 0.25) is 0 Å². The Morgan fingerprint density at radius 1 is 1.07 bits per heavy atom. The second-order valence-corrected chi connectivity index (χ2v) is 8.40. The predicted molar refractivity (Wildman–Crippen MR) is 120 cm³/mol. The molecule has 2 N–H and O–H groups in total. The molecule has 3 rings (SSSR count). The maximum atomic E-state index is 12.3. The first kappa shape index (κ1) is 21.6. The fourth-order valence-corrected chi connectivity index (χ4v) is 4.32. The average molecular weight is 397 g/mol. The Hall–Kier alpha value is -2.10. The van der Waals surface area contributed by atoms with E-state index in [0.717, 1.165) is 53.5 Å². The fraction of sp³-hybridized carbons (Fsp3) is 0.600. The molecule has 0 saturated heterocycles. The summed E-state index contributed by atoms with van der Waals surface area (Å²) in [6.45, 7) is 2.25. The summed E-state index contributed by atoms with van der Waals surface area (Å²) in [4.78, 5) is 17.0. The van der Waals surface area contributed by atoms with E-state index in [9.17, 15) is 4.79 Å². The molecule has 0 bridgehead atoms. The van der Waals surface area contributed by atoms with Gasteiger partial charge < -0.3 is 10.5 Å². The first-order valence-corrected chi connectivity index (χ1v) is 11.5. The molecule has 1 aromatic carbocycles. The Morgan fingerprint density at radius 3 is 2.52 bits per heavy atom. The summed E-state index contributed by atoms with van der Waals surface area (Å²) in [6.07, 6.45) is 14.1. The summed E-state index contributed by atoms with van der Waals surface area (Å²) in [5, 5.41) is 0.993. The summed E-state index contributed by atoms with van der Waals surface area (Å²) in [7, 11) is 0. The lowest BCUT2D eigenvalue weighted by Gasteiger charge is -2.26. The largest absolute Gasteiger partial charge is 0.462 e. The molecule has 0 spiro atoms. The zero-order valence-electron chi connectivity index (χ0n) is 17.9. The molecule has 4 heteroatoms. The highest BCUT2D eigenvalue weighted by Crippen LogP contribution is 2.32. The van der Waals surface area contributed by atoms with Crippen LogP contribution < -0.4 is 5.73 Å². The third kappa shape index (κ3) is 6.19. The first-order chi connectivity index (χ1) is 14.2. The number of aromatic nitrogens is 1. The Bertz CT molecular complexity index is 803. The monoisotopic (exact) mass is 396 g/mol. The van der Waals surface area contributed by atoms with Gasteiger partial charge in [0.1, 0.15) is 6.10 Å². The van der Waals surface area contributed by atoms with Gasteiger partial charge in [-0.15, -0.1) is 0 Å². The quantitative estimate of drug-likeness (QED) is 0.366. The second kappa shape index (κ2) is 11.2. The summed E-state index contributed by atoms with van der Waals surface area (Å²) in [5.74, 6) is -0.0614. The van der Waals surface area contributed by atoms with Gasteiger partial charge in [0.05, 0.1) is 5.52 Å². The molecular weight excluding hydrogens is 360 g/mol. The van der Waals surface area contributed by atoms with Gasteiger partial charge in [-0.2, -0.15) is 0 Å². The number of anilines is 1. The number of aryl methyl sites for hydroxylation is 1. The van der Waals surface area contributed by atoms with E-state index in [1.807, 2.05) is 24.3 Å². The van der Waals surface area contributed by atoms with Gasteiger partial charge in [0, 0.05) is 35.2 Å². The highest BCUT2D eigenvalue weighted by molar-refractivity contribution is 5.92. The van der Waals surface area contributed by atoms with Crippen LogP contribution in [0, 0.1) is 0 Å². The van der Waals surface area contributed by atoms with Crippen LogP contribution in [-0.4, -0.2) is 17.1 Å². The van der Waals surface area contributed by atoms with Gasteiger partial charge in [-0.3, -0.25) is 9.78 Å². The van der Waals surface area contributed by atoms with Crippen LogP contribution in [0.25, 0.3) is 10.9 Å². The Morgan fingerprint density at radius 2 is 1.76 bits per heavy atom. The highest BCUT2D eigenvalue weighted by atomic mass is 16.5. The molecule has 1 aliphatic rings. The van der Waals surface area contributed by atoms with Crippen molar-refractivity contribution in [1.82, 2.24) is 4.98 Å². The van der Waals surface area contributed by atoms with E-state index in [0.29, 0.717) is 12.8 Å². The molecule has 1 aromatic heterocycles. The van der Waals surface area contributed by atoms with Gasteiger partial charge in [0.2, 0.25) is 0 Å². The van der Waals surface area contributed by atoms with Crippen LogP contribution in [0.5, 0.6) is 0 Å². The van der Waals surface area contributed by atoms with Gasteiger partial charge in [0.15, 0.2) is 0 Å². The van der Waals surface area contributed by atoms with E-state index < -0.39 is 0 Å². The lowest BCUT2D eigenvalue weighted by atomic mass is 9.91. The molecule has 29 heavy (non-hydrogen) atoms. The van der Waals surface area contributed by atoms with Crippen molar-refractivity contribution >= 4 is 22.6 Å². The molecule has 0 aliphatic heterocycles. The lowest BCUT2D eigenvalue weighted by molar-refractivity contribution is -0.149. The number of unbranched alkanes of at least 4 members (excludes halogenated alkanes) is 8. The highest BCUT2D eigenvalue weighted by Gasteiger charge is 2.25. The molecule has 0 fully saturated rings. The second-order valence-electron chi connectivity index (χ2n) is 8.40. The number of ether oxygens (including phenoxy) is 1. The molecular formula is C25H36N2O2. The molecule has 0 saturated carbocycles. The smallest absolute Gasteiger partial charge is 0.306 e. The van der Waals surface area contributed by atoms with Crippen LogP contribution in [0.1, 0.15) is 88.8 Å². The van der Waals surface area contributed by atoms with Crippen molar-refractivity contribution in [2.24, 2.45) is 0 Å². The van der Waals surface area contributed by atoms with Crippen molar-refractivity contribution in [2.45, 2.75) is 96.5 Å². The Kier molecular flexibility index (Phi) is 8.33. The van der Waals surface area contributed by atoms with Gasteiger partial charge in [-0.05, 0) is 25.3 Å². The number of benzene rings is 1. The van der Waals surface area contributed by atoms with Crippen molar-refractivity contribution in [3.8, 4) is 0 Å². The topological polar surface area (TPSA) is 65.2 Å². The molecule has 0 radical (unpaired) electrons. The number of esters is 1. The number of carbonyl (C=O) groups is 1. The first-order valence-electron chi connectivity index (χ1n) is 11.5. The maximum absolute atomic E-state index is 12.3. The Labute approximate surface area is 175 Å². The van der Waals surface area contributed by atoms with Gasteiger partial charge in [-0.25, -0.2) is 0 Å². The number of carbonyl (C=O) groups excluding carboxylic acids is 1. The number of para-hydroxylation sites is 1. The number of rotatable bonds is 11. The minimum absolute atomic E-state index is 0.0614. The number of nitrogen functional groups attached to an aromatic ring is 1. The van der Waals surface area contributed by atoms with Crippen molar-refractivity contribution < 1.29 is 9.53 Å². The standard InChI is InChI=1S/C25H36N2O2/c1-2-3-4-5-6-7-8-9-10-15-24(28)29-19-16-17-23-21(18-19)25(26)20-13-11-12-14-22(20)27-23/h11-14,19H,2-10,15-18H2,1H3,(H2,26,27). The molecule has 158 valence electrons. The molecule has 1 aliphatic carbocycles. The third-order valence-electron chi connectivity index (χ3n) is 6.04. The van der Waals surface area contributed by atoms with Gasteiger partial charge >= 0.3 is 5.97 Å². The van der Waals surface area contributed by atoms with Gasteiger partial charge in [-0.1, -0.05) is 76.5 Å². The summed E-state index contributed by atoms with van der Waals surface area (Å²) < 4.78 is 5.76. The van der Waals surface area contributed by atoms with Crippen molar-refractivity contribution in [1.29, 1.82) is 0 Å². The van der Waals surface area contributed by atoms with E-state index in [-0.39, 0.29) is 12.1 Å². The summed E-state index contributed by atoms with van der Waals surface area (Å²) in [5.41, 5.74) is 10.3. The number of fused-ring (bicyclic) bond motifs is 2. The van der Waals surface area contributed by atoms with Crippen LogP contribution in [-0.2, 0) is 22.4 Å². The number of hydrogen-bond acceptors (Lipinski definition) is 4. The number of nitrogens with zero attached hydrogens (tertiary/aromatic N) is 1. The normalized spacial score (nSPS) is 16.0. The van der Waals surface area contributed by atoms with E-state index >= 15 is 0 Å². The zero-order chi connectivity index (χ0) is 20.5. The van der Waals surface area contributed by atoms with E-state index in [4.69, 9.17) is 15.5 Å². The van der Waals surface area contributed by atoms with E-state index in [1.165, 1.54) is 44.9 Å². The minimum atomic E-state index is -0.0705. The number of hydrogen-bond donors (Lipinski definition) is 1. The Balaban J connectivity index is 1.39. The van der Waals surface area contributed by atoms with Crippen LogP contribution in [0.4, 0.5) is 5.69 Å². The SMILES string of the molecule is CCCCCCCCCCCC(=O)OC1CCc2nc3ccccc3c(N)c2C1. The van der Waals surface area contributed by atoms with Crippen LogP contribution in [0.15, 0.2) is 24.3 Å². The van der Waals surface area contributed by atoms with Crippen LogP contribution in [0.3, 0.4) is 0 Å². The maximum Gasteiger partial charge on any atom is 0.306 e.